The highest BCUT2D eigenvalue weighted by Crippen LogP contribution is 2.18. The molecule has 0 aliphatic rings. The number of fused-ring (bicyclic) bond motifs is 1. The quantitative estimate of drug-likeness (QED) is 0.201. The monoisotopic (exact) mass is 588 g/mol. The summed E-state index contributed by atoms with van der Waals surface area (Å²) in [5.41, 5.74) is 2.06. The fraction of sp³-hybridized carbons (Fsp3) is 0.100. The van der Waals surface area contributed by atoms with E-state index in [1.807, 2.05) is 72.8 Å². The van der Waals surface area contributed by atoms with Gasteiger partial charge in [-0.2, -0.15) is 11.8 Å². The number of carbonyl (C=O) groups excluding carboxylic acids is 2. The smallest absolute Gasteiger partial charge is 0.327 e. The summed E-state index contributed by atoms with van der Waals surface area (Å²) in [7, 11) is 0. The zero-order valence-electron chi connectivity index (χ0n) is 20.3. The van der Waals surface area contributed by atoms with E-state index in [1.54, 1.807) is 30.3 Å². The van der Waals surface area contributed by atoms with Crippen LogP contribution in [0.25, 0.3) is 16.8 Å². The van der Waals surface area contributed by atoms with Gasteiger partial charge in [-0.15, -0.1) is 0 Å². The van der Waals surface area contributed by atoms with Crippen LogP contribution in [0, 0.1) is 0 Å². The number of rotatable bonds is 10. The first kappa shape index (κ1) is 27.2. The van der Waals surface area contributed by atoms with Crippen molar-refractivity contribution in [3.63, 3.8) is 0 Å². The van der Waals surface area contributed by atoms with Crippen molar-refractivity contribution in [1.29, 1.82) is 0 Å². The molecule has 38 heavy (non-hydrogen) atoms. The maximum atomic E-state index is 13.3. The molecule has 4 rings (SSSR count). The molecule has 0 saturated heterocycles. The van der Waals surface area contributed by atoms with Gasteiger partial charge in [0.05, 0.1) is 0 Å². The minimum absolute atomic E-state index is 0.0486. The van der Waals surface area contributed by atoms with Crippen molar-refractivity contribution in [2.24, 2.45) is 0 Å². The lowest BCUT2D eigenvalue weighted by molar-refractivity contribution is -0.140. The molecule has 4 aromatic rings. The summed E-state index contributed by atoms with van der Waals surface area (Å²) in [5, 5.41) is 17.0. The molecular weight excluding hydrogens is 564 g/mol. The lowest BCUT2D eigenvalue weighted by Crippen LogP contribution is -2.45. The Morgan fingerprint density at radius 1 is 0.868 bits per heavy atom. The maximum absolute atomic E-state index is 13.3. The summed E-state index contributed by atoms with van der Waals surface area (Å²) in [5.74, 6) is -1.54. The van der Waals surface area contributed by atoms with Crippen LogP contribution in [0.2, 0.25) is 0 Å². The van der Waals surface area contributed by atoms with Gasteiger partial charge in [-0.3, -0.25) is 9.59 Å². The van der Waals surface area contributed by atoms with Crippen LogP contribution in [0.4, 0.5) is 0 Å². The molecule has 0 unspecified atom stereocenters. The van der Waals surface area contributed by atoms with Crippen LogP contribution >= 0.6 is 27.7 Å². The highest BCUT2D eigenvalue weighted by molar-refractivity contribution is 9.10. The topological polar surface area (TPSA) is 95.5 Å². The standard InChI is InChI=1S/C30H25BrN2O4S/c31-25-14-12-23(13-15-25)28(34)32-26(17-21-10-11-22-8-4-5-9-24(22)16-21)29(35)33-27(30(36)37)19-38-18-20-6-2-1-3-7-20/h1-17,27H,18-19H2,(H,32,34)(H,33,35)(H,36,37)/b26-17-/t27-/m0/s1. The Kier molecular flexibility index (Phi) is 9.35. The number of thioether (sulfide) groups is 1. The highest BCUT2D eigenvalue weighted by Gasteiger charge is 2.23. The first-order valence-corrected chi connectivity index (χ1v) is 13.8. The van der Waals surface area contributed by atoms with E-state index in [9.17, 15) is 19.5 Å². The van der Waals surface area contributed by atoms with Gasteiger partial charge in [0, 0.05) is 21.5 Å². The molecule has 0 aliphatic carbocycles. The molecule has 0 saturated carbocycles. The summed E-state index contributed by atoms with van der Waals surface area (Å²) < 4.78 is 0.816. The molecule has 8 heteroatoms. The lowest BCUT2D eigenvalue weighted by atomic mass is 10.1. The molecule has 0 fully saturated rings. The number of carboxylic acids is 1. The Morgan fingerprint density at radius 3 is 2.26 bits per heavy atom. The third-order valence-electron chi connectivity index (χ3n) is 5.68. The van der Waals surface area contributed by atoms with Gasteiger partial charge in [-0.1, -0.05) is 82.7 Å². The van der Waals surface area contributed by atoms with Gasteiger partial charge in [-0.25, -0.2) is 4.79 Å². The molecule has 0 heterocycles. The molecule has 6 nitrogen and oxygen atoms in total. The summed E-state index contributed by atoms with van der Waals surface area (Å²) in [6.07, 6.45) is 1.55. The molecule has 2 amide bonds. The number of aliphatic carboxylic acids is 1. The molecule has 0 radical (unpaired) electrons. The number of halogens is 1. The van der Waals surface area contributed by atoms with Gasteiger partial charge in [-0.05, 0) is 58.3 Å². The number of hydrogen-bond donors (Lipinski definition) is 3. The van der Waals surface area contributed by atoms with Gasteiger partial charge >= 0.3 is 5.97 Å². The molecule has 4 aromatic carbocycles. The van der Waals surface area contributed by atoms with Crippen molar-refractivity contribution in [2.45, 2.75) is 11.8 Å². The number of hydrogen-bond acceptors (Lipinski definition) is 4. The Balaban J connectivity index is 1.55. The van der Waals surface area contributed by atoms with E-state index in [-0.39, 0.29) is 11.4 Å². The van der Waals surface area contributed by atoms with Gasteiger partial charge in [0.2, 0.25) is 0 Å². The largest absolute Gasteiger partial charge is 0.480 e. The first-order chi connectivity index (χ1) is 18.4. The number of nitrogens with one attached hydrogen (secondary N) is 2. The molecule has 192 valence electrons. The number of benzene rings is 4. The van der Waals surface area contributed by atoms with E-state index in [1.165, 1.54) is 11.8 Å². The van der Waals surface area contributed by atoms with E-state index >= 15 is 0 Å². The van der Waals surface area contributed by atoms with Crippen LogP contribution in [0.1, 0.15) is 21.5 Å². The Bertz CT molecular complexity index is 1470. The maximum Gasteiger partial charge on any atom is 0.327 e. The van der Waals surface area contributed by atoms with E-state index in [4.69, 9.17) is 0 Å². The number of carboxylic acid groups (broad SMARTS) is 1. The third kappa shape index (κ3) is 7.57. The summed E-state index contributed by atoms with van der Waals surface area (Å²) >= 11 is 4.75. The van der Waals surface area contributed by atoms with Gasteiger partial charge < -0.3 is 15.7 Å². The highest BCUT2D eigenvalue weighted by atomic mass is 79.9. The number of carbonyl (C=O) groups is 3. The van der Waals surface area contributed by atoms with Crippen molar-refractivity contribution in [1.82, 2.24) is 10.6 Å². The van der Waals surface area contributed by atoms with Crippen LogP contribution in [-0.2, 0) is 15.3 Å². The summed E-state index contributed by atoms with van der Waals surface area (Å²) in [6.45, 7) is 0. The lowest BCUT2D eigenvalue weighted by Gasteiger charge is -2.17. The van der Waals surface area contributed by atoms with Crippen molar-refractivity contribution in [3.8, 4) is 0 Å². The van der Waals surface area contributed by atoms with E-state index in [0.29, 0.717) is 16.9 Å². The SMILES string of the molecule is O=C(N[C@@H](CSCc1ccccc1)C(=O)O)/C(=C/c1ccc2ccccc2c1)NC(=O)c1ccc(Br)cc1. The molecule has 0 bridgehead atoms. The van der Waals surface area contributed by atoms with Crippen molar-refractivity contribution < 1.29 is 19.5 Å². The second-order valence-corrected chi connectivity index (χ2v) is 10.4. The van der Waals surface area contributed by atoms with Crippen LogP contribution < -0.4 is 10.6 Å². The minimum atomic E-state index is -1.15. The van der Waals surface area contributed by atoms with Crippen molar-refractivity contribution in [2.75, 3.05) is 5.75 Å². The van der Waals surface area contributed by atoms with E-state index < -0.39 is 23.8 Å². The fourth-order valence-electron chi connectivity index (χ4n) is 3.70. The van der Waals surface area contributed by atoms with Crippen LogP contribution in [0.15, 0.2) is 107 Å². The average molecular weight is 590 g/mol. The Hall–Kier alpha value is -3.88. The van der Waals surface area contributed by atoms with Crippen molar-refractivity contribution in [3.05, 3.63) is 124 Å². The van der Waals surface area contributed by atoms with E-state index in [0.717, 1.165) is 20.8 Å². The second kappa shape index (κ2) is 13.1. The first-order valence-electron chi connectivity index (χ1n) is 11.8. The molecular formula is C30H25BrN2O4S. The predicted octanol–water partition coefficient (Wildman–Crippen LogP) is 5.88. The summed E-state index contributed by atoms with van der Waals surface area (Å²) in [6, 6.07) is 28.7. The third-order valence-corrected chi connectivity index (χ3v) is 7.32. The zero-order chi connectivity index (χ0) is 26.9. The normalized spacial score (nSPS) is 12.1. The zero-order valence-corrected chi connectivity index (χ0v) is 22.7. The molecule has 0 spiro atoms. The molecule has 1 atom stereocenters. The van der Waals surface area contributed by atoms with E-state index in [2.05, 4.69) is 26.6 Å². The number of amides is 2. The van der Waals surface area contributed by atoms with Gasteiger partial charge in [0.15, 0.2) is 0 Å². The second-order valence-electron chi connectivity index (χ2n) is 8.49. The minimum Gasteiger partial charge on any atom is -0.480 e. The van der Waals surface area contributed by atoms with Crippen molar-refractivity contribution >= 4 is 62.3 Å². The molecule has 3 N–H and O–H groups in total. The average Bonchev–Trinajstić information content (AvgIpc) is 2.92. The fourth-order valence-corrected chi connectivity index (χ4v) is 4.97. The predicted molar refractivity (Wildman–Crippen MR) is 156 cm³/mol. The van der Waals surface area contributed by atoms with Crippen LogP contribution in [0.3, 0.4) is 0 Å². The Labute approximate surface area is 233 Å². The molecule has 0 aromatic heterocycles. The van der Waals surface area contributed by atoms with Crippen LogP contribution in [0.5, 0.6) is 0 Å². The van der Waals surface area contributed by atoms with Gasteiger partial charge in [0.1, 0.15) is 11.7 Å². The Morgan fingerprint density at radius 2 is 1.55 bits per heavy atom. The van der Waals surface area contributed by atoms with Gasteiger partial charge in [0.25, 0.3) is 11.8 Å². The summed E-state index contributed by atoms with van der Waals surface area (Å²) in [4.78, 5) is 38.2. The van der Waals surface area contributed by atoms with Crippen LogP contribution in [-0.4, -0.2) is 34.7 Å². The molecule has 0 aliphatic heterocycles.